The summed E-state index contributed by atoms with van der Waals surface area (Å²) in [5.41, 5.74) is 0.892. The number of hydrogen-bond donors (Lipinski definition) is 2. The molecule has 0 aromatic heterocycles. The van der Waals surface area contributed by atoms with Gasteiger partial charge in [0, 0.05) is 4.90 Å². The lowest BCUT2D eigenvalue weighted by atomic mass is 10.3. The second-order valence-corrected chi connectivity index (χ2v) is 4.34. The molecule has 1 aromatic carbocycles. The molecule has 0 heterocycles. The van der Waals surface area contributed by atoms with E-state index in [2.05, 4.69) is 4.99 Å². The first-order valence-electron chi connectivity index (χ1n) is 4.29. The number of phenols is 1. The summed E-state index contributed by atoms with van der Waals surface area (Å²) in [4.78, 5) is 3.61. The highest BCUT2D eigenvalue weighted by Crippen LogP contribution is 2.40. The maximum atomic E-state index is 12.1. The van der Waals surface area contributed by atoms with Gasteiger partial charge in [-0.25, -0.2) is 4.99 Å². The molecule has 1 rings (SSSR count). The summed E-state index contributed by atoms with van der Waals surface area (Å²) in [5.74, 6) is -0.323. The van der Waals surface area contributed by atoms with Crippen LogP contribution < -0.4 is 5.73 Å². The van der Waals surface area contributed by atoms with Gasteiger partial charge in [-0.2, -0.15) is 13.2 Å². The van der Waals surface area contributed by atoms with Crippen molar-refractivity contribution in [3.63, 3.8) is 0 Å². The summed E-state index contributed by atoms with van der Waals surface area (Å²) in [6.45, 7) is 0. The van der Waals surface area contributed by atoms with Crippen molar-refractivity contribution in [2.45, 2.75) is 10.4 Å². The highest BCUT2D eigenvalue weighted by Gasteiger charge is 2.29. The lowest BCUT2D eigenvalue weighted by Gasteiger charge is -2.07. The number of halogens is 4. The average Bonchev–Trinajstić information content (AvgIpc) is 2.20. The van der Waals surface area contributed by atoms with E-state index in [4.69, 9.17) is 17.3 Å². The van der Waals surface area contributed by atoms with Crippen LogP contribution in [0.5, 0.6) is 5.75 Å². The quantitative estimate of drug-likeness (QED) is 0.388. The van der Waals surface area contributed by atoms with Crippen molar-refractivity contribution in [2.75, 3.05) is 5.88 Å². The van der Waals surface area contributed by atoms with E-state index in [1.165, 1.54) is 0 Å². The third-order valence-electron chi connectivity index (χ3n) is 1.58. The van der Waals surface area contributed by atoms with Crippen LogP contribution in [0, 0.1) is 0 Å². The maximum absolute atomic E-state index is 12.1. The lowest BCUT2D eigenvalue weighted by Crippen LogP contribution is -2.12. The van der Waals surface area contributed by atoms with Crippen LogP contribution in [0.3, 0.4) is 0 Å². The van der Waals surface area contributed by atoms with Gasteiger partial charge in [-0.3, -0.25) is 0 Å². The molecule has 0 amide bonds. The smallest absolute Gasteiger partial charge is 0.446 e. The monoisotopic (exact) mass is 284 g/mol. The van der Waals surface area contributed by atoms with Crippen LogP contribution >= 0.6 is 23.4 Å². The molecule has 17 heavy (non-hydrogen) atoms. The molecule has 0 fully saturated rings. The topological polar surface area (TPSA) is 58.6 Å². The van der Waals surface area contributed by atoms with Gasteiger partial charge in [0.1, 0.15) is 17.3 Å². The number of alkyl halides is 4. The lowest BCUT2D eigenvalue weighted by molar-refractivity contribution is -0.0328. The van der Waals surface area contributed by atoms with Crippen LogP contribution in [0.4, 0.5) is 18.9 Å². The molecule has 0 atom stereocenters. The number of phenolic OH excluding ortho intramolecular Hbond substituents is 1. The largest absolute Gasteiger partial charge is 0.506 e. The molecule has 0 saturated carbocycles. The van der Waals surface area contributed by atoms with E-state index in [1.807, 2.05) is 0 Å². The standard InChI is InChI=1S/C9H8ClF3N2OS/c10-4-8(14)15-6-3-5(1-2-7(6)16)17-9(11,12)13/h1-3,16H,4H2,(H2,14,15). The van der Waals surface area contributed by atoms with E-state index in [9.17, 15) is 18.3 Å². The molecule has 94 valence electrons. The van der Waals surface area contributed by atoms with Crippen LogP contribution in [0.1, 0.15) is 0 Å². The highest BCUT2D eigenvalue weighted by atomic mass is 35.5. The fourth-order valence-electron chi connectivity index (χ4n) is 0.975. The minimum absolute atomic E-state index is 0.0103. The first-order valence-corrected chi connectivity index (χ1v) is 5.64. The van der Waals surface area contributed by atoms with Crippen molar-refractivity contribution < 1.29 is 18.3 Å². The Morgan fingerprint density at radius 2 is 2.12 bits per heavy atom. The van der Waals surface area contributed by atoms with Crippen LogP contribution in [0.2, 0.25) is 0 Å². The van der Waals surface area contributed by atoms with Crippen molar-refractivity contribution in [1.82, 2.24) is 0 Å². The Bertz CT molecular complexity index is 437. The van der Waals surface area contributed by atoms with E-state index in [-0.39, 0.29) is 39.8 Å². The summed E-state index contributed by atoms with van der Waals surface area (Å²) < 4.78 is 36.4. The minimum atomic E-state index is -4.39. The van der Waals surface area contributed by atoms with Gasteiger partial charge in [0.05, 0.1) is 5.88 Å². The Kier molecular flexibility index (Phi) is 4.53. The fourth-order valence-corrected chi connectivity index (χ4v) is 1.61. The molecule has 3 nitrogen and oxygen atoms in total. The van der Waals surface area contributed by atoms with Gasteiger partial charge >= 0.3 is 5.51 Å². The molecule has 0 aliphatic carbocycles. The van der Waals surface area contributed by atoms with Crippen LogP contribution in [-0.4, -0.2) is 22.3 Å². The van der Waals surface area contributed by atoms with Gasteiger partial charge < -0.3 is 10.8 Å². The Hall–Kier alpha value is -1.08. The SMILES string of the molecule is NC(CCl)=Nc1cc(SC(F)(F)F)ccc1O. The summed E-state index contributed by atoms with van der Waals surface area (Å²) in [5, 5.41) is 9.38. The molecule has 0 aliphatic rings. The third-order valence-corrected chi connectivity index (χ3v) is 2.58. The van der Waals surface area contributed by atoms with Gasteiger partial charge in [-0.1, -0.05) is 0 Å². The second-order valence-electron chi connectivity index (χ2n) is 2.94. The summed E-state index contributed by atoms with van der Waals surface area (Å²) in [6.07, 6.45) is 0. The molecular weight excluding hydrogens is 277 g/mol. The van der Waals surface area contributed by atoms with Crippen molar-refractivity contribution in [2.24, 2.45) is 10.7 Å². The number of aromatic hydroxyl groups is 1. The molecule has 0 unspecified atom stereocenters. The molecular formula is C9H8ClF3N2OS. The molecule has 3 N–H and O–H groups in total. The van der Waals surface area contributed by atoms with Crippen molar-refractivity contribution in [1.29, 1.82) is 0 Å². The number of nitrogens with zero attached hydrogens (tertiary/aromatic N) is 1. The van der Waals surface area contributed by atoms with Crippen LogP contribution in [0.15, 0.2) is 28.1 Å². The Morgan fingerprint density at radius 3 is 2.65 bits per heavy atom. The highest BCUT2D eigenvalue weighted by molar-refractivity contribution is 8.00. The number of thioether (sulfide) groups is 1. The van der Waals surface area contributed by atoms with E-state index < -0.39 is 5.51 Å². The van der Waals surface area contributed by atoms with Crippen molar-refractivity contribution >= 4 is 34.9 Å². The predicted molar refractivity (Wildman–Crippen MR) is 62.0 cm³/mol. The molecule has 0 aliphatic heterocycles. The molecule has 0 radical (unpaired) electrons. The zero-order chi connectivity index (χ0) is 13.1. The number of aliphatic imine (C=N–C) groups is 1. The summed E-state index contributed by atoms with van der Waals surface area (Å²) >= 11 is 5.08. The molecule has 8 heteroatoms. The molecule has 0 spiro atoms. The van der Waals surface area contributed by atoms with Crippen LogP contribution in [0.25, 0.3) is 0 Å². The van der Waals surface area contributed by atoms with Crippen molar-refractivity contribution in [3.8, 4) is 5.75 Å². The molecule has 0 bridgehead atoms. The number of hydrogen-bond acceptors (Lipinski definition) is 3. The number of benzene rings is 1. The van der Waals surface area contributed by atoms with E-state index >= 15 is 0 Å². The number of amidine groups is 1. The zero-order valence-electron chi connectivity index (χ0n) is 8.33. The zero-order valence-corrected chi connectivity index (χ0v) is 9.90. The number of nitrogens with two attached hydrogens (primary N) is 1. The Morgan fingerprint density at radius 1 is 1.47 bits per heavy atom. The Labute approximate surface area is 104 Å². The maximum Gasteiger partial charge on any atom is 0.446 e. The van der Waals surface area contributed by atoms with E-state index in [0.29, 0.717) is 0 Å². The van der Waals surface area contributed by atoms with Gasteiger partial charge in [0.15, 0.2) is 0 Å². The normalized spacial score (nSPS) is 12.8. The fraction of sp³-hybridized carbons (Fsp3) is 0.222. The molecule has 1 aromatic rings. The van der Waals surface area contributed by atoms with E-state index in [0.717, 1.165) is 18.2 Å². The first-order chi connectivity index (χ1) is 7.81. The Balaban J connectivity index is 3.03. The van der Waals surface area contributed by atoms with Gasteiger partial charge in [-0.05, 0) is 30.0 Å². The number of rotatable bonds is 3. The van der Waals surface area contributed by atoms with Gasteiger partial charge in [0.2, 0.25) is 0 Å². The first kappa shape index (κ1) is 14.0. The van der Waals surface area contributed by atoms with Gasteiger partial charge in [0.25, 0.3) is 0 Å². The van der Waals surface area contributed by atoms with E-state index in [1.54, 1.807) is 0 Å². The summed E-state index contributed by atoms with van der Waals surface area (Å²) in [6, 6.07) is 3.35. The average molecular weight is 285 g/mol. The minimum Gasteiger partial charge on any atom is -0.506 e. The summed E-state index contributed by atoms with van der Waals surface area (Å²) in [7, 11) is 0. The predicted octanol–water partition coefficient (Wildman–Crippen LogP) is 3.23. The van der Waals surface area contributed by atoms with Gasteiger partial charge in [-0.15, -0.1) is 11.6 Å². The van der Waals surface area contributed by atoms with Crippen molar-refractivity contribution in [3.05, 3.63) is 18.2 Å². The molecule has 0 saturated heterocycles. The second kappa shape index (κ2) is 5.50. The van der Waals surface area contributed by atoms with Crippen LogP contribution in [-0.2, 0) is 0 Å². The third kappa shape index (κ3) is 4.74.